The molecule has 138 valence electrons. The van der Waals surface area contributed by atoms with Crippen LogP contribution in [0.5, 0.6) is 0 Å². The van der Waals surface area contributed by atoms with E-state index in [2.05, 4.69) is 25.8 Å². The molecule has 1 fully saturated rings. The third-order valence-electron chi connectivity index (χ3n) is 4.73. The first-order valence-electron chi connectivity index (χ1n) is 8.94. The van der Waals surface area contributed by atoms with Gasteiger partial charge in [-0.25, -0.2) is 0 Å². The number of nitrogens with zero attached hydrogens (tertiary/aromatic N) is 1. The fourth-order valence-corrected chi connectivity index (χ4v) is 3.22. The summed E-state index contributed by atoms with van der Waals surface area (Å²) in [4.78, 5) is 29.7. The topological polar surface area (TPSA) is 62.4 Å². The molecule has 0 radical (unpaired) electrons. The highest BCUT2D eigenvalue weighted by atomic mass is 16.5. The Hall–Kier alpha value is -2.40. The van der Waals surface area contributed by atoms with Crippen molar-refractivity contribution in [1.82, 2.24) is 9.88 Å². The number of hydrogen-bond acceptors (Lipinski definition) is 3. The Morgan fingerprint density at radius 1 is 1.15 bits per heavy atom. The van der Waals surface area contributed by atoms with Crippen molar-refractivity contribution in [1.29, 1.82) is 0 Å². The van der Waals surface area contributed by atoms with Crippen molar-refractivity contribution in [3.63, 3.8) is 0 Å². The maximum Gasteiger partial charge on any atom is 0.270 e. The first-order chi connectivity index (χ1) is 12.2. The van der Waals surface area contributed by atoms with Crippen LogP contribution < -0.4 is 5.43 Å². The number of nitrogens with one attached hydrogen (secondary N) is 1. The van der Waals surface area contributed by atoms with E-state index in [1.165, 1.54) is 12.1 Å². The van der Waals surface area contributed by atoms with Gasteiger partial charge in [-0.3, -0.25) is 9.59 Å². The Labute approximate surface area is 154 Å². The number of aromatic nitrogens is 1. The van der Waals surface area contributed by atoms with E-state index in [0.717, 1.165) is 5.56 Å². The summed E-state index contributed by atoms with van der Waals surface area (Å²) in [7, 11) is 0. The van der Waals surface area contributed by atoms with E-state index >= 15 is 0 Å². The van der Waals surface area contributed by atoms with Gasteiger partial charge in [-0.1, -0.05) is 51.1 Å². The first kappa shape index (κ1) is 18.4. The van der Waals surface area contributed by atoms with Gasteiger partial charge in [0.05, 0.1) is 12.6 Å². The monoisotopic (exact) mass is 354 g/mol. The second-order valence-corrected chi connectivity index (χ2v) is 8.01. The van der Waals surface area contributed by atoms with Crippen LogP contribution in [0.3, 0.4) is 0 Å². The van der Waals surface area contributed by atoms with E-state index < -0.39 is 0 Å². The predicted molar refractivity (Wildman–Crippen MR) is 101 cm³/mol. The van der Waals surface area contributed by atoms with Crippen LogP contribution in [-0.4, -0.2) is 35.0 Å². The maximum atomic E-state index is 13.1. The predicted octanol–water partition coefficient (Wildman–Crippen LogP) is 3.31. The number of morpholine rings is 1. The van der Waals surface area contributed by atoms with Gasteiger partial charge in [0.25, 0.3) is 5.91 Å². The van der Waals surface area contributed by atoms with Crippen LogP contribution in [0.2, 0.25) is 0 Å². The van der Waals surface area contributed by atoms with Gasteiger partial charge in [0, 0.05) is 24.4 Å². The minimum absolute atomic E-state index is 0.0954. The normalized spacial score (nSPS) is 20.8. The zero-order valence-electron chi connectivity index (χ0n) is 15.8. The Bertz CT molecular complexity index is 836. The molecule has 2 heterocycles. The summed E-state index contributed by atoms with van der Waals surface area (Å²) in [5.74, 6) is -0.163. The Morgan fingerprint density at radius 3 is 2.46 bits per heavy atom. The van der Waals surface area contributed by atoms with Crippen LogP contribution in [0.15, 0.2) is 47.3 Å². The summed E-state index contributed by atoms with van der Waals surface area (Å²) >= 11 is 0. The highest BCUT2D eigenvalue weighted by Crippen LogP contribution is 2.33. The quantitative estimate of drug-likeness (QED) is 0.900. The number of benzene rings is 1. The molecule has 2 atom stereocenters. The van der Waals surface area contributed by atoms with Crippen LogP contribution in [0.25, 0.3) is 0 Å². The number of aryl methyl sites for hydroxylation is 1. The van der Waals surface area contributed by atoms with Crippen molar-refractivity contribution in [2.24, 2.45) is 5.41 Å². The Balaban J connectivity index is 1.92. The molecule has 5 heteroatoms. The summed E-state index contributed by atoms with van der Waals surface area (Å²) in [5, 5.41) is 0. The molecule has 1 N–H and O–H groups in total. The van der Waals surface area contributed by atoms with Crippen molar-refractivity contribution in [2.45, 2.75) is 39.9 Å². The lowest BCUT2D eigenvalue weighted by atomic mass is 9.87. The molecule has 0 unspecified atom stereocenters. The molecular weight excluding hydrogens is 328 g/mol. The molecule has 3 rings (SSSR count). The smallest absolute Gasteiger partial charge is 0.270 e. The highest BCUT2D eigenvalue weighted by Gasteiger charge is 2.37. The largest absolute Gasteiger partial charge is 0.366 e. The van der Waals surface area contributed by atoms with Crippen LogP contribution in [0.1, 0.15) is 48.6 Å². The van der Waals surface area contributed by atoms with E-state index in [9.17, 15) is 9.59 Å². The lowest BCUT2D eigenvalue weighted by molar-refractivity contribution is -0.119. The third kappa shape index (κ3) is 4.05. The number of aromatic amines is 1. The van der Waals surface area contributed by atoms with Gasteiger partial charge in [0.2, 0.25) is 0 Å². The zero-order chi connectivity index (χ0) is 18.9. The van der Waals surface area contributed by atoms with Gasteiger partial charge in [0.1, 0.15) is 11.8 Å². The lowest BCUT2D eigenvalue weighted by Gasteiger charge is -2.43. The van der Waals surface area contributed by atoms with Crippen LogP contribution in [-0.2, 0) is 4.74 Å². The molecule has 0 spiro atoms. The minimum Gasteiger partial charge on any atom is -0.366 e. The molecule has 2 aromatic rings. The second-order valence-electron chi connectivity index (χ2n) is 8.01. The average Bonchev–Trinajstić information content (AvgIpc) is 2.60. The molecule has 1 amide bonds. The van der Waals surface area contributed by atoms with Gasteiger partial charge in [-0.05, 0) is 17.9 Å². The summed E-state index contributed by atoms with van der Waals surface area (Å²) < 4.78 is 6.33. The molecule has 1 aliphatic heterocycles. The Morgan fingerprint density at radius 2 is 1.85 bits per heavy atom. The van der Waals surface area contributed by atoms with Crippen molar-refractivity contribution in [3.05, 3.63) is 69.6 Å². The standard InChI is InChI=1S/C21H26N2O3/c1-14-10-16(24)11-17(22-14)20(25)23-12-18(15-8-6-5-7-9-15)26-19(13-23)21(2,3)4/h5-11,18-19H,12-13H2,1-4H3,(H,22,24)/t18-,19+/m0/s1. The third-order valence-corrected chi connectivity index (χ3v) is 4.73. The molecule has 5 nitrogen and oxygen atoms in total. The van der Waals surface area contributed by atoms with Gasteiger partial charge < -0.3 is 14.6 Å². The van der Waals surface area contributed by atoms with Gasteiger partial charge in [-0.15, -0.1) is 0 Å². The fraction of sp³-hybridized carbons (Fsp3) is 0.429. The van der Waals surface area contributed by atoms with Crippen LogP contribution >= 0.6 is 0 Å². The zero-order valence-corrected chi connectivity index (χ0v) is 15.8. The van der Waals surface area contributed by atoms with Crippen molar-refractivity contribution >= 4 is 5.91 Å². The number of ether oxygens (including phenoxy) is 1. The summed E-state index contributed by atoms with van der Waals surface area (Å²) in [6.45, 7) is 9.09. The van der Waals surface area contributed by atoms with E-state index in [-0.39, 0.29) is 29.0 Å². The average molecular weight is 354 g/mol. The molecule has 1 aromatic carbocycles. The van der Waals surface area contributed by atoms with E-state index in [4.69, 9.17) is 4.74 Å². The molecule has 1 aliphatic rings. The van der Waals surface area contributed by atoms with E-state index in [1.807, 2.05) is 30.3 Å². The van der Waals surface area contributed by atoms with E-state index in [0.29, 0.717) is 24.5 Å². The van der Waals surface area contributed by atoms with Crippen molar-refractivity contribution < 1.29 is 9.53 Å². The van der Waals surface area contributed by atoms with Crippen LogP contribution in [0.4, 0.5) is 0 Å². The summed E-state index contributed by atoms with van der Waals surface area (Å²) in [5.41, 5.74) is 1.80. The first-order valence-corrected chi connectivity index (χ1v) is 8.94. The molecular formula is C21H26N2O3. The fourth-order valence-electron chi connectivity index (χ4n) is 3.22. The minimum atomic E-state index is -0.186. The number of carbonyl (C=O) groups excluding carboxylic acids is 1. The van der Waals surface area contributed by atoms with Crippen molar-refractivity contribution in [3.8, 4) is 0 Å². The number of pyridine rings is 1. The second kappa shape index (κ2) is 7.08. The Kier molecular flexibility index (Phi) is 5.01. The van der Waals surface area contributed by atoms with Gasteiger partial charge in [-0.2, -0.15) is 0 Å². The molecule has 1 aromatic heterocycles. The van der Waals surface area contributed by atoms with Gasteiger partial charge in [0.15, 0.2) is 5.43 Å². The van der Waals surface area contributed by atoms with E-state index in [1.54, 1.807) is 11.8 Å². The molecule has 1 saturated heterocycles. The number of H-pyrrole nitrogens is 1. The lowest BCUT2D eigenvalue weighted by Crippen LogP contribution is -2.51. The molecule has 0 aliphatic carbocycles. The van der Waals surface area contributed by atoms with Crippen LogP contribution in [0, 0.1) is 12.3 Å². The maximum absolute atomic E-state index is 13.1. The molecule has 0 bridgehead atoms. The molecule has 26 heavy (non-hydrogen) atoms. The number of rotatable bonds is 2. The SMILES string of the molecule is Cc1cc(=O)cc(C(=O)N2C[C@@H](c3ccccc3)O[C@@H](C(C)(C)C)C2)[nH]1. The highest BCUT2D eigenvalue weighted by molar-refractivity contribution is 5.92. The van der Waals surface area contributed by atoms with Crippen molar-refractivity contribution in [2.75, 3.05) is 13.1 Å². The van der Waals surface area contributed by atoms with Gasteiger partial charge >= 0.3 is 0 Å². The molecule has 0 saturated carbocycles. The number of carbonyl (C=O) groups is 1. The number of amides is 1. The number of hydrogen-bond donors (Lipinski definition) is 1. The summed E-state index contributed by atoms with van der Waals surface area (Å²) in [6, 6.07) is 12.8. The summed E-state index contributed by atoms with van der Waals surface area (Å²) in [6.07, 6.45) is -0.281.